The molecule has 4 heteroatoms. The maximum Gasteiger partial charge on any atom is 2.00 e. The summed E-state index contributed by atoms with van der Waals surface area (Å²) in [5, 5.41) is 0. The van der Waals surface area contributed by atoms with Gasteiger partial charge in [0.1, 0.15) is 6.42 Å². The Kier molecular flexibility index (Phi) is 7.11. The van der Waals surface area contributed by atoms with Crippen molar-refractivity contribution in [3.05, 3.63) is 139 Å². The van der Waals surface area contributed by atoms with E-state index in [0.29, 0.717) is 0 Å². The van der Waals surface area contributed by atoms with Gasteiger partial charge in [-0.15, -0.1) is 18.9 Å². The van der Waals surface area contributed by atoms with Gasteiger partial charge < -0.3 is 9.80 Å². The van der Waals surface area contributed by atoms with Gasteiger partial charge in [-0.25, -0.2) is 18.0 Å². The van der Waals surface area contributed by atoms with Crippen molar-refractivity contribution in [2.75, 3.05) is 21.4 Å². The van der Waals surface area contributed by atoms with Gasteiger partial charge in [-0.3, -0.25) is 0 Å². The van der Waals surface area contributed by atoms with Gasteiger partial charge in [-0.05, 0) is 23.9 Å². The Bertz CT molecular complexity index is 1220. The van der Waals surface area contributed by atoms with E-state index in [1.165, 1.54) is 33.8 Å². The number of fused-ring (bicyclic) bond motifs is 3. The Morgan fingerprint density at radius 2 is 1.20 bits per heavy atom. The van der Waals surface area contributed by atoms with E-state index in [2.05, 4.69) is 119 Å². The molecule has 35 heavy (non-hydrogen) atoms. The molecule has 0 N–H and O–H groups in total. The normalized spacial score (nSPS) is 14.8. The van der Waals surface area contributed by atoms with Gasteiger partial charge in [0.05, 0.1) is 5.69 Å². The largest absolute Gasteiger partial charge is 2.00 e. The van der Waals surface area contributed by atoms with Crippen molar-refractivity contribution in [2.45, 2.75) is 19.3 Å². The van der Waals surface area contributed by atoms with Crippen molar-refractivity contribution < 1.29 is 19.5 Å². The van der Waals surface area contributed by atoms with Crippen LogP contribution >= 0.6 is 0 Å². The molecule has 0 saturated carbocycles. The molecule has 4 aromatic rings. The van der Waals surface area contributed by atoms with E-state index in [0.717, 1.165) is 31.6 Å². The average molecular weight is 543 g/mol. The second-order valence-corrected chi connectivity index (χ2v) is 8.75. The summed E-state index contributed by atoms with van der Waals surface area (Å²) in [4.78, 5) is 6.91. The first-order valence-electron chi connectivity index (χ1n) is 11.9. The van der Waals surface area contributed by atoms with Crippen LogP contribution in [0.4, 0.5) is 22.7 Å². The summed E-state index contributed by atoms with van der Waals surface area (Å²) in [5.41, 5.74) is 9.32. The molecule has 4 aromatic carbocycles. The van der Waals surface area contributed by atoms with Crippen LogP contribution in [-0.4, -0.2) is 6.67 Å². The van der Waals surface area contributed by atoms with Crippen LogP contribution in [0, 0.1) is 25.7 Å². The third kappa shape index (κ3) is 4.81. The second kappa shape index (κ2) is 10.6. The zero-order valence-electron chi connectivity index (χ0n) is 19.5. The minimum Gasteiger partial charge on any atom is -0.508 e. The molecule has 174 valence electrons. The Morgan fingerprint density at radius 1 is 0.657 bits per heavy atom. The van der Waals surface area contributed by atoms with Crippen molar-refractivity contribution in [1.82, 2.24) is 0 Å². The quantitative estimate of drug-likeness (QED) is 0.210. The Hall–Kier alpha value is -3.23. The summed E-state index contributed by atoms with van der Waals surface area (Å²) in [6, 6.07) is 37.1. The summed E-state index contributed by atoms with van der Waals surface area (Å²) >= 11 is 0. The van der Waals surface area contributed by atoms with E-state index in [9.17, 15) is 0 Å². The van der Waals surface area contributed by atoms with Crippen LogP contribution in [0.5, 0.6) is 0 Å². The van der Waals surface area contributed by atoms with Gasteiger partial charge in [0.2, 0.25) is 0 Å². The molecule has 3 heterocycles. The van der Waals surface area contributed by atoms with E-state index >= 15 is 0 Å². The van der Waals surface area contributed by atoms with E-state index in [1.54, 1.807) is 0 Å². The van der Waals surface area contributed by atoms with Crippen molar-refractivity contribution in [3.63, 3.8) is 0 Å². The van der Waals surface area contributed by atoms with Crippen LogP contribution in [0.1, 0.15) is 16.7 Å². The smallest absolute Gasteiger partial charge is 0.508 e. The van der Waals surface area contributed by atoms with Crippen LogP contribution < -0.4 is 14.7 Å². The van der Waals surface area contributed by atoms with Crippen LogP contribution in [0.2, 0.25) is 0 Å². The molecule has 0 fully saturated rings. The molecule has 3 nitrogen and oxygen atoms in total. The molecule has 3 aliphatic heterocycles. The zero-order chi connectivity index (χ0) is 22.7. The summed E-state index contributed by atoms with van der Waals surface area (Å²) < 4.78 is 0. The van der Waals surface area contributed by atoms with Crippen LogP contribution in [0.15, 0.2) is 97.1 Å². The summed E-state index contributed by atoms with van der Waals surface area (Å²) in [6.45, 7) is 7.70. The van der Waals surface area contributed by atoms with Gasteiger partial charge in [0.15, 0.2) is 6.54 Å². The number of nitrogens with zero attached hydrogens (tertiary/aromatic N) is 3. The molecule has 7 rings (SSSR count). The molecular formula is C31H27N3Ru. The van der Waals surface area contributed by atoms with Gasteiger partial charge >= 0.3 is 19.5 Å². The molecule has 0 bridgehead atoms. The fourth-order valence-corrected chi connectivity index (χ4v) is 4.94. The molecule has 0 radical (unpaired) electrons. The van der Waals surface area contributed by atoms with E-state index in [1.807, 2.05) is 18.2 Å². The van der Waals surface area contributed by atoms with Crippen molar-refractivity contribution in [2.24, 2.45) is 0 Å². The first kappa shape index (κ1) is 23.5. The minimum atomic E-state index is 0. The molecule has 0 atom stereocenters. The van der Waals surface area contributed by atoms with Crippen LogP contribution in [0.25, 0.3) is 0 Å². The molecule has 3 aliphatic rings. The Labute approximate surface area is 221 Å². The minimum absolute atomic E-state index is 0. The van der Waals surface area contributed by atoms with Crippen LogP contribution in [0.3, 0.4) is 0 Å². The number of anilines is 4. The monoisotopic (exact) mass is 543 g/mol. The Balaban J connectivity index is 0.000000145. The first-order chi connectivity index (χ1) is 16.9. The first-order valence-corrected chi connectivity index (χ1v) is 11.9. The summed E-state index contributed by atoms with van der Waals surface area (Å²) in [5.74, 6) is 0. The van der Waals surface area contributed by atoms with Gasteiger partial charge in [-0.2, -0.15) is 24.3 Å². The topological polar surface area (TPSA) is 9.72 Å². The maximum atomic E-state index is 3.25. The second-order valence-electron chi connectivity index (χ2n) is 8.75. The number of hydrogen-bond acceptors (Lipinski definition) is 3. The van der Waals surface area contributed by atoms with Gasteiger partial charge in [0, 0.05) is 23.6 Å². The number of para-hydroxylation sites is 4. The van der Waals surface area contributed by atoms with E-state index in [4.69, 9.17) is 0 Å². The molecule has 0 spiro atoms. The average Bonchev–Trinajstić information content (AvgIpc) is 3.63. The van der Waals surface area contributed by atoms with Crippen molar-refractivity contribution >= 4 is 22.7 Å². The molecule has 0 aromatic heterocycles. The fourth-order valence-electron chi connectivity index (χ4n) is 4.94. The molecule has 0 amide bonds. The number of hydrogen-bond donors (Lipinski definition) is 0. The fraction of sp³-hybridized carbons (Fsp3) is 0.129. The standard InChI is InChI=1S/C17H16N2.C14H11N.Ru/c1-3-7-16-14(5-1)9-11-18(16)13-19-12-10-15-6-2-4-8-17(15)19;1-2-7-13(8-3-1)15-11-10-12-6-4-5-9-14(12)15;/h1-8,11-12H,9-10,13H2;1-7,9,11H,10H2;/q-2;;+2. The van der Waals surface area contributed by atoms with Crippen LogP contribution in [-0.2, 0) is 38.7 Å². The number of benzene rings is 4. The third-order valence-corrected chi connectivity index (χ3v) is 6.67. The zero-order valence-corrected chi connectivity index (χ0v) is 21.2. The summed E-state index contributed by atoms with van der Waals surface area (Å²) in [7, 11) is 0. The van der Waals surface area contributed by atoms with Crippen molar-refractivity contribution in [1.29, 1.82) is 0 Å². The summed E-state index contributed by atoms with van der Waals surface area (Å²) in [6.07, 6.45) is 3.11. The van der Waals surface area contributed by atoms with E-state index in [-0.39, 0.29) is 19.5 Å². The van der Waals surface area contributed by atoms with Gasteiger partial charge in [0.25, 0.3) is 0 Å². The maximum absolute atomic E-state index is 3.25. The SMILES string of the molecule is [Ru+2].[c-]1ccccc1N1[CH+]Cc2ccccc21.c1ccc2c(c1)C[CH-]N2CN1[CH-]Cc2ccccc21. The predicted octanol–water partition coefficient (Wildman–Crippen LogP) is 6.73. The molecule has 0 unspecified atom stereocenters. The molecular weight excluding hydrogens is 515 g/mol. The third-order valence-electron chi connectivity index (χ3n) is 6.67. The van der Waals surface area contributed by atoms with Gasteiger partial charge in [-0.1, -0.05) is 65.7 Å². The molecule has 0 saturated heterocycles. The predicted molar refractivity (Wildman–Crippen MR) is 141 cm³/mol. The Morgan fingerprint density at radius 3 is 1.80 bits per heavy atom. The van der Waals surface area contributed by atoms with Crippen molar-refractivity contribution in [3.8, 4) is 0 Å². The van der Waals surface area contributed by atoms with E-state index < -0.39 is 0 Å². The number of rotatable bonds is 3. The molecule has 0 aliphatic carbocycles.